The quantitative estimate of drug-likeness (QED) is 0.487. The van der Waals surface area contributed by atoms with Crippen LogP contribution in [0.3, 0.4) is 0 Å². The lowest BCUT2D eigenvalue weighted by Crippen LogP contribution is -2.06. The first-order chi connectivity index (χ1) is 4.80. The number of hydrogen-bond acceptors (Lipinski definition) is 0. The summed E-state index contributed by atoms with van der Waals surface area (Å²) >= 11 is 0. The Labute approximate surface area is 64.3 Å². The van der Waals surface area contributed by atoms with Crippen LogP contribution in [0.25, 0.3) is 0 Å². The summed E-state index contributed by atoms with van der Waals surface area (Å²) in [6.45, 7) is 4.69. The van der Waals surface area contributed by atoms with E-state index in [1.807, 2.05) is 0 Å². The first-order valence-corrected chi connectivity index (χ1v) is 4.45. The number of hydrogen-bond donors (Lipinski definition) is 0. The Balaban J connectivity index is 2.34. The predicted molar refractivity (Wildman–Crippen MR) is 45.9 cm³/mol. The van der Waals surface area contributed by atoms with Crippen LogP contribution in [0, 0.1) is 11.8 Å². The van der Waals surface area contributed by atoms with Crippen molar-refractivity contribution in [3.05, 3.63) is 12.2 Å². The maximum absolute atomic E-state index is 2.34. The largest absolute Gasteiger partial charge is 0.0885 e. The van der Waals surface area contributed by atoms with Crippen LogP contribution < -0.4 is 0 Å². The summed E-state index contributed by atoms with van der Waals surface area (Å²) in [4.78, 5) is 0. The van der Waals surface area contributed by atoms with E-state index in [1.54, 1.807) is 0 Å². The highest BCUT2D eigenvalue weighted by molar-refractivity contribution is 4.87. The summed E-state index contributed by atoms with van der Waals surface area (Å²) in [5.41, 5.74) is 0. The van der Waals surface area contributed by atoms with E-state index < -0.39 is 0 Å². The Morgan fingerprint density at radius 1 is 1.10 bits per heavy atom. The van der Waals surface area contributed by atoms with E-state index in [-0.39, 0.29) is 0 Å². The van der Waals surface area contributed by atoms with Gasteiger partial charge in [0.25, 0.3) is 0 Å². The summed E-state index contributed by atoms with van der Waals surface area (Å²) in [7, 11) is 0. The molecule has 0 saturated heterocycles. The molecule has 0 bridgehead atoms. The van der Waals surface area contributed by atoms with Gasteiger partial charge in [0.2, 0.25) is 0 Å². The van der Waals surface area contributed by atoms with E-state index >= 15 is 0 Å². The van der Waals surface area contributed by atoms with Crippen LogP contribution in [0.1, 0.15) is 39.5 Å². The van der Waals surface area contributed by atoms with E-state index in [9.17, 15) is 0 Å². The highest BCUT2D eigenvalue weighted by Gasteiger charge is 2.12. The molecule has 1 aliphatic rings. The summed E-state index contributed by atoms with van der Waals surface area (Å²) in [5, 5.41) is 0. The second-order valence-corrected chi connectivity index (χ2v) is 3.63. The molecule has 0 atom stereocenters. The molecule has 1 aliphatic carbocycles. The van der Waals surface area contributed by atoms with Crippen molar-refractivity contribution < 1.29 is 0 Å². The molecule has 0 nitrogen and oxygen atoms in total. The van der Waals surface area contributed by atoms with Crippen LogP contribution in [0.5, 0.6) is 0 Å². The van der Waals surface area contributed by atoms with Gasteiger partial charge in [0.05, 0.1) is 0 Å². The van der Waals surface area contributed by atoms with Gasteiger partial charge in [0.1, 0.15) is 0 Å². The zero-order chi connectivity index (χ0) is 7.40. The van der Waals surface area contributed by atoms with E-state index in [0.717, 1.165) is 11.8 Å². The van der Waals surface area contributed by atoms with E-state index in [1.165, 1.54) is 25.7 Å². The summed E-state index contributed by atoms with van der Waals surface area (Å²) in [6.07, 6.45) is 10.1. The molecule has 1 rings (SSSR count). The third kappa shape index (κ3) is 2.17. The fourth-order valence-electron chi connectivity index (χ4n) is 1.67. The molecule has 0 saturated carbocycles. The van der Waals surface area contributed by atoms with Crippen LogP contribution in [-0.4, -0.2) is 0 Å². The molecule has 0 radical (unpaired) electrons. The summed E-state index contributed by atoms with van der Waals surface area (Å²) in [5.74, 6) is 1.87. The van der Waals surface area contributed by atoms with Gasteiger partial charge in [-0.25, -0.2) is 0 Å². The minimum atomic E-state index is 0.889. The third-order valence-corrected chi connectivity index (χ3v) is 2.52. The smallest absolute Gasteiger partial charge is 0.0348 e. The van der Waals surface area contributed by atoms with Crippen LogP contribution in [0.4, 0.5) is 0 Å². The van der Waals surface area contributed by atoms with Gasteiger partial charge in [0.15, 0.2) is 0 Å². The van der Waals surface area contributed by atoms with Gasteiger partial charge >= 0.3 is 0 Å². The van der Waals surface area contributed by atoms with Gasteiger partial charge < -0.3 is 0 Å². The minimum Gasteiger partial charge on any atom is -0.0885 e. The van der Waals surface area contributed by atoms with Gasteiger partial charge in [0, 0.05) is 0 Å². The van der Waals surface area contributed by atoms with Crippen LogP contribution in [0.15, 0.2) is 12.2 Å². The monoisotopic (exact) mass is 138 g/mol. The predicted octanol–water partition coefficient (Wildman–Crippen LogP) is 3.39. The Bertz CT molecular complexity index is 101. The molecule has 10 heavy (non-hydrogen) atoms. The van der Waals surface area contributed by atoms with Crippen molar-refractivity contribution in [1.82, 2.24) is 0 Å². The van der Waals surface area contributed by atoms with E-state index in [0.29, 0.717) is 0 Å². The first-order valence-electron chi connectivity index (χ1n) is 4.45. The standard InChI is InChI=1S/C10H18/c1-9(2)10-7-5-3-4-6-8-10/h3-4,9-10H,5-8H2,1-2H3. The molecule has 0 heterocycles. The van der Waals surface area contributed by atoms with Crippen LogP contribution in [0.2, 0.25) is 0 Å². The lowest BCUT2D eigenvalue weighted by molar-refractivity contribution is 0.346. The minimum absolute atomic E-state index is 0.889. The normalized spacial score (nSPS) is 21.5. The molecule has 0 N–H and O–H groups in total. The summed E-state index contributed by atoms with van der Waals surface area (Å²) < 4.78 is 0. The molecular weight excluding hydrogens is 120 g/mol. The Morgan fingerprint density at radius 2 is 1.60 bits per heavy atom. The van der Waals surface area contributed by atoms with Gasteiger partial charge in [-0.05, 0) is 37.5 Å². The fourth-order valence-corrected chi connectivity index (χ4v) is 1.67. The zero-order valence-electron chi connectivity index (χ0n) is 7.14. The first kappa shape index (κ1) is 7.84. The molecule has 0 aromatic rings. The SMILES string of the molecule is CC(C)C1CCC=CCC1. The van der Waals surface area contributed by atoms with Gasteiger partial charge in [-0.3, -0.25) is 0 Å². The van der Waals surface area contributed by atoms with Crippen molar-refractivity contribution in [2.24, 2.45) is 11.8 Å². The molecule has 0 aliphatic heterocycles. The molecule has 0 aromatic heterocycles. The van der Waals surface area contributed by atoms with E-state index in [4.69, 9.17) is 0 Å². The molecule has 0 amide bonds. The fraction of sp³-hybridized carbons (Fsp3) is 0.800. The molecule has 58 valence electrons. The Morgan fingerprint density at radius 3 is 2.00 bits per heavy atom. The number of rotatable bonds is 1. The molecular formula is C10H18. The number of allylic oxidation sites excluding steroid dienone is 2. The van der Waals surface area contributed by atoms with Crippen LogP contribution >= 0.6 is 0 Å². The highest BCUT2D eigenvalue weighted by atomic mass is 14.2. The van der Waals surface area contributed by atoms with Gasteiger partial charge in [-0.15, -0.1) is 0 Å². The lowest BCUT2D eigenvalue weighted by atomic mass is 9.89. The molecule has 0 unspecified atom stereocenters. The zero-order valence-corrected chi connectivity index (χ0v) is 7.14. The maximum atomic E-state index is 2.34. The highest BCUT2D eigenvalue weighted by Crippen LogP contribution is 2.25. The Kier molecular flexibility index (Phi) is 2.98. The van der Waals surface area contributed by atoms with Crippen molar-refractivity contribution in [3.63, 3.8) is 0 Å². The molecule has 0 aromatic carbocycles. The second kappa shape index (κ2) is 3.80. The van der Waals surface area contributed by atoms with E-state index in [2.05, 4.69) is 26.0 Å². The average Bonchev–Trinajstić information content (AvgIpc) is 2.12. The molecule has 0 heteroatoms. The van der Waals surface area contributed by atoms with Gasteiger partial charge in [-0.2, -0.15) is 0 Å². The topological polar surface area (TPSA) is 0 Å². The second-order valence-electron chi connectivity index (χ2n) is 3.63. The maximum Gasteiger partial charge on any atom is -0.0348 e. The lowest BCUT2D eigenvalue weighted by Gasteiger charge is -2.17. The molecule has 0 spiro atoms. The van der Waals surface area contributed by atoms with Crippen molar-refractivity contribution in [2.75, 3.05) is 0 Å². The van der Waals surface area contributed by atoms with Crippen molar-refractivity contribution in [1.29, 1.82) is 0 Å². The summed E-state index contributed by atoms with van der Waals surface area (Å²) in [6, 6.07) is 0. The van der Waals surface area contributed by atoms with Crippen molar-refractivity contribution in [2.45, 2.75) is 39.5 Å². The Hall–Kier alpha value is -0.260. The van der Waals surface area contributed by atoms with Crippen molar-refractivity contribution >= 4 is 0 Å². The average molecular weight is 138 g/mol. The van der Waals surface area contributed by atoms with Gasteiger partial charge in [-0.1, -0.05) is 26.0 Å². The van der Waals surface area contributed by atoms with Crippen molar-refractivity contribution in [3.8, 4) is 0 Å². The van der Waals surface area contributed by atoms with Crippen LogP contribution in [-0.2, 0) is 0 Å². The molecule has 0 fully saturated rings. The third-order valence-electron chi connectivity index (χ3n) is 2.52.